The summed E-state index contributed by atoms with van der Waals surface area (Å²) in [7, 11) is 0. The zero-order valence-corrected chi connectivity index (χ0v) is 16.1. The molecule has 0 aliphatic carbocycles. The Balaban J connectivity index is 1.61. The second kappa shape index (κ2) is 10.6. The van der Waals surface area contributed by atoms with Crippen LogP contribution < -0.4 is 10.6 Å². The summed E-state index contributed by atoms with van der Waals surface area (Å²) in [6.45, 7) is 9.24. The molecular formula is C20H31FN4O2. The van der Waals surface area contributed by atoms with E-state index in [0.29, 0.717) is 18.5 Å². The zero-order chi connectivity index (χ0) is 18.9. The number of nitrogens with zero attached hydrogens (tertiary/aromatic N) is 2. The molecule has 0 saturated carbocycles. The van der Waals surface area contributed by atoms with Gasteiger partial charge in [0.2, 0.25) is 0 Å². The van der Waals surface area contributed by atoms with Gasteiger partial charge in [-0.15, -0.1) is 0 Å². The van der Waals surface area contributed by atoms with Crippen molar-refractivity contribution in [2.45, 2.75) is 25.9 Å². The van der Waals surface area contributed by atoms with Crippen molar-refractivity contribution in [3.8, 4) is 0 Å². The van der Waals surface area contributed by atoms with Crippen LogP contribution in [-0.2, 0) is 16.0 Å². The van der Waals surface area contributed by atoms with E-state index in [1.165, 1.54) is 12.1 Å². The number of benzene rings is 1. The van der Waals surface area contributed by atoms with Crippen molar-refractivity contribution < 1.29 is 13.9 Å². The summed E-state index contributed by atoms with van der Waals surface area (Å²) in [4.78, 5) is 7.13. The highest BCUT2D eigenvalue weighted by Crippen LogP contribution is 2.21. The summed E-state index contributed by atoms with van der Waals surface area (Å²) in [6, 6.07) is 6.99. The van der Waals surface area contributed by atoms with Crippen LogP contribution in [0.3, 0.4) is 0 Å². The average Bonchev–Trinajstić information content (AvgIpc) is 3.21. The number of rotatable bonds is 7. The lowest BCUT2D eigenvalue weighted by Crippen LogP contribution is -2.53. The Hall–Kier alpha value is -1.70. The molecule has 7 heteroatoms. The van der Waals surface area contributed by atoms with Crippen molar-refractivity contribution in [3.63, 3.8) is 0 Å². The number of aliphatic imine (C=N–C) groups is 1. The van der Waals surface area contributed by atoms with Crippen LogP contribution >= 0.6 is 0 Å². The molecule has 2 heterocycles. The van der Waals surface area contributed by atoms with Gasteiger partial charge in [0, 0.05) is 44.7 Å². The molecular weight excluding hydrogens is 347 g/mol. The highest BCUT2D eigenvalue weighted by molar-refractivity contribution is 5.79. The van der Waals surface area contributed by atoms with Gasteiger partial charge in [0.15, 0.2) is 5.96 Å². The third-order valence-corrected chi connectivity index (χ3v) is 5.16. The molecule has 0 aromatic heterocycles. The van der Waals surface area contributed by atoms with Crippen LogP contribution in [-0.4, -0.2) is 69.5 Å². The lowest BCUT2D eigenvalue weighted by atomic mass is 9.97. The van der Waals surface area contributed by atoms with E-state index < -0.39 is 0 Å². The molecule has 1 aromatic carbocycles. The minimum Gasteiger partial charge on any atom is -0.381 e. The molecule has 1 aromatic rings. The number of ether oxygens (including phenoxy) is 2. The van der Waals surface area contributed by atoms with Crippen LogP contribution in [0, 0.1) is 11.7 Å². The van der Waals surface area contributed by atoms with Gasteiger partial charge in [0.25, 0.3) is 0 Å². The summed E-state index contributed by atoms with van der Waals surface area (Å²) >= 11 is 0. The molecule has 27 heavy (non-hydrogen) atoms. The molecule has 2 saturated heterocycles. The van der Waals surface area contributed by atoms with E-state index >= 15 is 0 Å². The molecule has 2 fully saturated rings. The van der Waals surface area contributed by atoms with E-state index in [9.17, 15) is 4.39 Å². The number of morpholine rings is 1. The van der Waals surface area contributed by atoms with Crippen molar-refractivity contribution in [2.75, 3.05) is 52.6 Å². The van der Waals surface area contributed by atoms with Crippen molar-refractivity contribution in [1.29, 1.82) is 0 Å². The number of hydrogen-bond acceptors (Lipinski definition) is 4. The highest BCUT2D eigenvalue weighted by Gasteiger charge is 2.31. The molecule has 0 amide bonds. The molecule has 2 aliphatic rings. The molecule has 0 bridgehead atoms. The summed E-state index contributed by atoms with van der Waals surface area (Å²) in [5, 5.41) is 6.77. The fourth-order valence-corrected chi connectivity index (χ4v) is 3.71. The molecule has 0 radical (unpaired) electrons. The third-order valence-electron chi connectivity index (χ3n) is 5.16. The van der Waals surface area contributed by atoms with Gasteiger partial charge in [0.1, 0.15) is 5.82 Å². The van der Waals surface area contributed by atoms with E-state index in [1.807, 2.05) is 13.0 Å². The maximum atomic E-state index is 13.4. The van der Waals surface area contributed by atoms with Gasteiger partial charge >= 0.3 is 0 Å². The first-order valence-corrected chi connectivity index (χ1v) is 9.92. The first-order valence-electron chi connectivity index (χ1n) is 9.92. The Labute approximate surface area is 161 Å². The smallest absolute Gasteiger partial charge is 0.191 e. The van der Waals surface area contributed by atoms with E-state index in [-0.39, 0.29) is 5.82 Å². The van der Waals surface area contributed by atoms with Gasteiger partial charge in [-0.2, -0.15) is 0 Å². The van der Waals surface area contributed by atoms with Crippen LogP contribution in [0.4, 0.5) is 4.39 Å². The summed E-state index contributed by atoms with van der Waals surface area (Å²) in [6.07, 6.45) is 1.10. The van der Waals surface area contributed by atoms with E-state index in [1.54, 1.807) is 6.07 Å². The Morgan fingerprint density at radius 2 is 2.11 bits per heavy atom. The Bertz CT molecular complexity index is 601. The summed E-state index contributed by atoms with van der Waals surface area (Å²) in [5.41, 5.74) is 0.862. The predicted molar refractivity (Wildman–Crippen MR) is 104 cm³/mol. The maximum absolute atomic E-state index is 13.4. The molecule has 2 aliphatic heterocycles. The molecule has 6 nitrogen and oxygen atoms in total. The van der Waals surface area contributed by atoms with E-state index in [2.05, 4.69) is 20.5 Å². The van der Waals surface area contributed by atoms with Gasteiger partial charge in [-0.25, -0.2) is 9.38 Å². The largest absolute Gasteiger partial charge is 0.381 e. The Kier molecular flexibility index (Phi) is 7.86. The van der Waals surface area contributed by atoms with Crippen molar-refractivity contribution in [3.05, 3.63) is 35.6 Å². The standard InChI is InChI=1S/C20H31FN4O2/c1-2-22-20(23-13-16-4-3-5-18(21)12-16)24-14-19(17-6-9-27-15-17)25-7-10-26-11-8-25/h3-5,12,17,19H,2,6-11,13-15H2,1H3,(H2,22,23,24). The lowest BCUT2D eigenvalue weighted by molar-refractivity contribution is 0.00246. The molecule has 2 N–H and O–H groups in total. The minimum atomic E-state index is -0.228. The van der Waals surface area contributed by atoms with Crippen LogP contribution in [0.1, 0.15) is 18.9 Å². The van der Waals surface area contributed by atoms with E-state index in [4.69, 9.17) is 9.47 Å². The molecule has 3 rings (SSSR count). The van der Waals surface area contributed by atoms with Crippen LogP contribution in [0.25, 0.3) is 0 Å². The topological polar surface area (TPSA) is 58.1 Å². The van der Waals surface area contributed by atoms with Crippen LogP contribution in [0.5, 0.6) is 0 Å². The van der Waals surface area contributed by atoms with Gasteiger partial charge in [-0.1, -0.05) is 12.1 Å². The maximum Gasteiger partial charge on any atom is 0.191 e. The second-order valence-electron chi connectivity index (χ2n) is 7.05. The van der Waals surface area contributed by atoms with Gasteiger partial charge in [-0.05, 0) is 31.0 Å². The predicted octanol–water partition coefficient (Wildman–Crippen LogP) is 1.62. The zero-order valence-electron chi connectivity index (χ0n) is 16.1. The minimum absolute atomic E-state index is 0.228. The molecule has 150 valence electrons. The van der Waals surface area contributed by atoms with Crippen molar-refractivity contribution in [1.82, 2.24) is 15.5 Å². The van der Waals surface area contributed by atoms with Gasteiger partial charge in [0.05, 0.1) is 26.4 Å². The van der Waals surface area contributed by atoms with E-state index in [0.717, 1.165) is 70.6 Å². The van der Waals surface area contributed by atoms with Gasteiger partial charge < -0.3 is 20.1 Å². The fraction of sp³-hybridized carbons (Fsp3) is 0.650. The normalized spacial score (nSPS) is 22.6. The second-order valence-corrected chi connectivity index (χ2v) is 7.05. The molecule has 2 atom stereocenters. The first kappa shape index (κ1) is 20.0. The Morgan fingerprint density at radius 3 is 2.81 bits per heavy atom. The first-order chi connectivity index (χ1) is 13.3. The number of hydrogen-bond donors (Lipinski definition) is 2. The Morgan fingerprint density at radius 1 is 1.26 bits per heavy atom. The van der Waals surface area contributed by atoms with Crippen molar-refractivity contribution >= 4 is 5.96 Å². The lowest BCUT2D eigenvalue weighted by Gasteiger charge is -2.37. The fourth-order valence-electron chi connectivity index (χ4n) is 3.71. The summed E-state index contributed by atoms with van der Waals surface area (Å²) < 4.78 is 24.5. The quantitative estimate of drug-likeness (QED) is 0.558. The van der Waals surface area contributed by atoms with Crippen molar-refractivity contribution in [2.24, 2.45) is 10.9 Å². The number of guanidine groups is 1. The third kappa shape index (κ3) is 6.16. The molecule has 0 spiro atoms. The monoisotopic (exact) mass is 378 g/mol. The van der Waals surface area contributed by atoms with Crippen LogP contribution in [0.2, 0.25) is 0 Å². The highest BCUT2D eigenvalue weighted by atomic mass is 19.1. The average molecular weight is 378 g/mol. The summed E-state index contributed by atoms with van der Waals surface area (Å²) in [5.74, 6) is 1.06. The SMILES string of the molecule is CCNC(=NCc1cccc(F)c1)NCC(C1CCOC1)N1CCOCC1. The van der Waals surface area contributed by atoms with Crippen LogP contribution in [0.15, 0.2) is 29.3 Å². The number of nitrogens with one attached hydrogen (secondary N) is 2. The van der Waals surface area contributed by atoms with Gasteiger partial charge in [-0.3, -0.25) is 4.90 Å². The molecule has 2 unspecified atom stereocenters. The number of halogens is 1.